The number of benzene rings is 1. The molecule has 0 bridgehead atoms. The SMILES string of the molecule is COc1ccc(S(=O)(=O)N2CCCCCC2)cc1NS(=O)(=O)c1cccs1. The highest BCUT2D eigenvalue weighted by atomic mass is 32.2. The molecule has 0 radical (unpaired) electrons. The van der Waals surface area contributed by atoms with Gasteiger partial charge in [-0.15, -0.1) is 11.3 Å². The quantitative estimate of drug-likeness (QED) is 0.760. The zero-order valence-corrected chi connectivity index (χ0v) is 17.4. The Bertz CT molecular complexity index is 978. The van der Waals surface area contributed by atoms with Crippen molar-refractivity contribution in [2.45, 2.75) is 34.8 Å². The Morgan fingerprint density at radius 3 is 2.33 bits per heavy atom. The van der Waals surface area contributed by atoms with Gasteiger partial charge in [-0.3, -0.25) is 4.72 Å². The van der Waals surface area contributed by atoms with Crippen molar-refractivity contribution in [2.75, 3.05) is 24.9 Å². The highest BCUT2D eigenvalue weighted by molar-refractivity contribution is 7.94. The van der Waals surface area contributed by atoms with Crippen molar-refractivity contribution in [3.05, 3.63) is 35.7 Å². The van der Waals surface area contributed by atoms with E-state index in [4.69, 9.17) is 4.74 Å². The molecule has 1 fully saturated rings. The van der Waals surface area contributed by atoms with Gasteiger partial charge in [0.25, 0.3) is 10.0 Å². The fraction of sp³-hybridized carbons (Fsp3) is 0.412. The lowest BCUT2D eigenvalue weighted by atomic mass is 10.2. The molecule has 148 valence electrons. The fourth-order valence-corrected chi connectivity index (χ4v) is 6.57. The molecule has 1 saturated heterocycles. The van der Waals surface area contributed by atoms with Crippen LogP contribution in [0.4, 0.5) is 5.69 Å². The molecule has 0 aliphatic carbocycles. The number of rotatable bonds is 6. The van der Waals surface area contributed by atoms with Crippen molar-refractivity contribution < 1.29 is 21.6 Å². The smallest absolute Gasteiger partial charge is 0.271 e. The summed E-state index contributed by atoms with van der Waals surface area (Å²) >= 11 is 1.08. The van der Waals surface area contributed by atoms with Gasteiger partial charge in [-0.1, -0.05) is 18.9 Å². The maximum atomic E-state index is 13.0. The lowest BCUT2D eigenvalue weighted by Crippen LogP contribution is -2.32. The first-order chi connectivity index (χ1) is 12.8. The molecule has 3 rings (SSSR count). The third-order valence-electron chi connectivity index (χ3n) is 4.38. The van der Waals surface area contributed by atoms with Gasteiger partial charge in [-0.2, -0.15) is 4.31 Å². The number of nitrogens with zero attached hydrogens (tertiary/aromatic N) is 1. The number of anilines is 1. The van der Waals surface area contributed by atoms with E-state index in [2.05, 4.69) is 4.72 Å². The van der Waals surface area contributed by atoms with Crippen LogP contribution in [-0.4, -0.2) is 41.3 Å². The van der Waals surface area contributed by atoms with Crippen molar-refractivity contribution in [1.29, 1.82) is 0 Å². The van der Waals surface area contributed by atoms with Crippen LogP contribution in [0.15, 0.2) is 44.8 Å². The van der Waals surface area contributed by atoms with Gasteiger partial charge >= 0.3 is 0 Å². The van der Waals surface area contributed by atoms with E-state index in [0.29, 0.717) is 13.1 Å². The van der Waals surface area contributed by atoms with E-state index in [0.717, 1.165) is 37.0 Å². The molecule has 1 aliphatic rings. The van der Waals surface area contributed by atoms with Crippen LogP contribution >= 0.6 is 11.3 Å². The van der Waals surface area contributed by atoms with Gasteiger partial charge in [0.05, 0.1) is 17.7 Å². The number of thiophene rings is 1. The Kier molecular flexibility index (Phi) is 6.09. The molecular weight excluding hydrogens is 408 g/mol. The van der Waals surface area contributed by atoms with Crippen molar-refractivity contribution >= 4 is 37.1 Å². The first-order valence-corrected chi connectivity index (χ1v) is 12.4. The van der Waals surface area contributed by atoms with Crippen LogP contribution in [0.3, 0.4) is 0 Å². The molecule has 1 N–H and O–H groups in total. The van der Waals surface area contributed by atoms with Crippen LogP contribution in [0.1, 0.15) is 25.7 Å². The topological polar surface area (TPSA) is 92.8 Å². The second-order valence-corrected chi connectivity index (χ2v) is 11.0. The molecule has 0 spiro atoms. The van der Waals surface area contributed by atoms with Crippen LogP contribution in [0, 0.1) is 0 Å². The molecule has 0 unspecified atom stereocenters. The minimum atomic E-state index is -3.82. The molecule has 2 aromatic rings. The number of hydrogen-bond donors (Lipinski definition) is 1. The monoisotopic (exact) mass is 430 g/mol. The van der Waals surface area contributed by atoms with Crippen LogP contribution in [0.5, 0.6) is 5.75 Å². The second-order valence-electron chi connectivity index (χ2n) is 6.22. The standard InChI is InChI=1S/C17H22N2O5S3/c1-24-16-9-8-14(27(22,23)19-10-4-2-3-5-11-19)13-15(16)18-26(20,21)17-7-6-12-25-17/h6-9,12-13,18H,2-5,10-11H2,1H3. The summed E-state index contributed by atoms with van der Waals surface area (Å²) in [6.07, 6.45) is 3.68. The Morgan fingerprint density at radius 2 is 1.74 bits per heavy atom. The largest absolute Gasteiger partial charge is 0.495 e. The molecule has 0 amide bonds. The zero-order valence-electron chi connectivity index (χ0n) is 14.9. The van der Waals surface area contributed by atoms with E-state index in [1.807, 2.05) is 0 Å². The minimum Gasteiger partial charge on any atom is -0.495 e. The van der Waals surface area contributed by atoms with Crippen LogP contribution < -0.4 is 9.46 Å². The summed E-state index contributed by atoms with van der Waals surface area (Å²) in [6, 6.07) is 7.36. The van der Waals surface area contributed by atoms with Gasteiger partial charge < -0.3 is 4.74 Å². The van der Waals surface area contributed by atoms with E-state index in [1.54, 1.807) is 11.4 Å². The van der Waals surface area contributed by atoms with Gasteiger partial charge in [0.15, 0.2) is 0 Å². The molecule has 0 saturated carbocycles. The average Bonchev–Trinajstić information content (AvgIpc) is 3.05. The summed E-state index contributed by atoms with van der Waals surface area (Å²) in [7, 11) is -6.11. The predicted molar refractivity (Wildman–Crippen MR) is 105 cm³/mol. The Hall–Kier alpha value is -1.62. The van der Waals surface area contributed by atoms with Gasteiger partial charge in [-0.05, 0) is 42.5 Å². The zero-order chi connectivity index (χ0) is 19.5. The third kappa shape index (κ3) is 4.45. The van der Waals surface area contributed by atoms with Gasteiger partial charge in [0.1, 0.15) is 9.96 Å². The van der Waals surface area contributed by atoms with Crippen molar-refractivity contribution in [2.24, 2.45) is 0 Å². The summed E-state index contributed by atoms with van der Waals surface area (Å²) in [5, 5.41) is 1.66. The summed E-state index contributed by atoms with van der Waals surface area (Å²) in [5.74, 6) is 0.255. The van der Waals surface area contributed by atoms with E-state index in [1.165, 1.54) is 35.7 Å². The molecule has 1 aromatic heterocycles. The third-order valence-corrected chi connectivity index (χ3v) is 9.04. The molecule has 10 heteroatoms. The Morgan fingerprint density at radius 1 is 1.04 bits per heavy atom. The first kappa shape index (κ1) is 20.1. The Balaban J connectivity index is 1.96. The highest BCUT2D eigenvalue weighted by Crippen LogP contribution is 2.32. The number of sulfonamides is 2. The molecule has 27 heavy (non-hydrogen) atoms. The number of hydrogen-bond acceptors (Lipinski definition) is 6. The molecule has 7 nitrogen and oxygen atoms in total. The van der Waals surface area contributed by atoms with Crippen LogP contribution in [0.2, 0.25) is 0 Å². The maximum Gasteiger partial charge on any atom is 0.271 e. The Labute approximate surface area is 164 Å². The number of nitrogens with one attached hydrogen (secondary N) is 1. The minimum absolute atomic E-state index is 0.0501. The maximum absolute atomic E-state index is 13.0. The van der Waals surface area contributed by atoms with E-state index in [-0.39, 0.29) is 20.5 Å². The summed E-state index contributed by atoms with van der Waals surface area (Å²) < 4.78 is 60.3. The molecule has 1 aliphatic heterocycles. The van der Waals surface area contributed by atoms with Crippen molar-refractivity contribution in [3.63, 3.8) is 0 Å². The van der Waals surface area contributed by atoms with E-state index in [9.17, 15) is 16.8 Å². The molecule has 1 aromatic carbocycles. The lowest BCUT2D eigenvalue weighted by Gasteiger charge is -2.21. The lowest BCUT2D eigenvalue weighted by molar-refractivity contribution is 0.415. The number of methoxy groups -OCH3 is 1. The summed E-state index contributed by atoms with van der Waals surface area (Å²) in [4.78, 5) is 0.0501. The van der Waals surface area contributed by atoms with Gasteiger partial charge in [-0.25, -0.2) is 16.8 Å². The average molecular weight is 431 g/mol. The molecular formula is C17H22N2O5S3. The first-order valence-electron chi connectivity index (χ1n) is 8.59. The molecule has 0 atom stereocenters. The number of ether oxygens (including phenoxy) is 1. The van der Waals surface area contributed by atoms with E-state index >= 15 is 0 Å². The summed E-state index contributed by atoms with van der Waals surface area (Å²) in [5.41, 5.74) is 0.0989. The van der Waals surface area contributed by atoms with Crippen molar-refractivity contribution in [3.8, 4) is 5.75 Å². The van der Waals surface area contributed by atoms with Gasteiger partial charge in [0, 0.05) is 13.1 Å². The molecule has 2 heterocycles. The van der Waals surface area contributed by atoms with Crippen molar-refractivity contribution in [1.82, 2.24) is 4.31 Å². The second kappa shape index (κ2) is 8.17. The van der Waals surface area contributed by atoms with Crippen LogP contribution in [0.25, 0.3) is 0 Å². The van der Waals surface area contributed by atoms with Crippen LogP contribution in [-0.2, 0) is 20.0 Å². The fourth-order valence-electron chi connectivity index (χ4n) is 2.97. The van der Waals surface area contributed by atoms with E-state index < -0.39 is 20.0 Å². The summed E-state index contributed by atoms with van der Waals surface area (Å²) in [6.45, 7) is 0.954. The highest BCUT2D eigenvalue weighted by Gasteiger charge is 2.27. The predicted octanol–water partition coefficient (Wildman–Crippen LogP) is 3.12. The van der Waals surface area contributed by atoms with Gasteiger partial charge in [0.2, 0.25) is 10.0 Å². The normalized spacial score (nSPS) is 16.6.